The van der Waals surface area contributed by atoms with Crippen LogP contribution in [0.2, 0.25) is 62.5 Å². The molecule has 0 aliphatic carbocycles. The van der Waals surface area contributed by atoms with Gasteiger partial charge in [0.1, 0.15) is 19.7 Å². The van der Waals surface area contributed by atoms with E-state index in [0.717, 1.165) is 63.0 Å². The van der Waals surface area contributed by atoms with Gasteiger partial charge in [-0.3, -0.25) is 32.0 Å². The molecule has 45 heteroatoms. The Morgan fingerprint density at radius 1 is 0.512 bits per heavy atom. The van der Waals surface area contributed by atoms with Gasteiger partial charge in [0.25, 0.3) is 0 Å². The van der Waals surface area contributed by atoms with Crippen LogP contribution in [-0.4, -0.2) is 256 Å². The number of sulfone groups is 2. The molecule has 0 heterocycles. The molecule has 0 aromatic rings. The van der Waals surface area contributed by atoms with Crippen LogP contribution < -0.4 is 29.6 Å². The van der Waals surface area contributed by atoms with E-state index in [1.165, 1.54) is 24.7 Å². The molecule has 6 N–H and O–H groups in total. The number of rotatable bonds is 33. The van der Waals surface area contributed by atoms with Crippen LogP contribution in [-0.2, 0) is 117 Å². The molecular formula is C39H106F7MoNaO23S7Si6. The van der Waals surface area contributed by atoms with Crippen LogP contribution in [0.4, 0.5) is 29.4 Å². The first-order chi connectivity index (χ1) is 35.9. The summed E-state index contributed by atoms with van der Waals surface area (Å²) >= 11 is 6.00. The SMILES string of the molecule is CCO.COS(=O)(=O)OC.CO[Si](C)(CCCS(C)(=O)=O)OC.CO[Si](C)(CCCS(C)=O)OC.CO[Si](C)(CCCS)OC.CO[Si](C)(CCCSC)OC.CS(=O)(=O)CCC[Si](F)(F)F.CS(=O)CCC[Si](F)(F)F.F.O.OO.[Mo].[Na+].[OH-]. The minimum absolute atomic E-state index is 0. The van der Waals surface area contributed by atoms with Crippen molar-refractivity contribution < 1.29 is 184 Å². The Hall–Kier alpha value is 2.75. The molecule has 0 radical (unpaired) electrons. The molecule has 0 amide bonds. The molecule has 0 fully saturated rings. The van der Waals surface area contributed by atoms with Gasteiger partial charge in [-0.2, -0.15) is 32.8 Å². The van der Waals surface area contributed by atoms with E-state index in [9.17, 15) is 58.3 Å². The zero-order valence-electron chi connectivity index (χ0n) is 53.1. The second kappa shape index (κ2) is 71.6. The second-order valence-corrected chi connectivity index (χ2v) is 45.0. The van der Waals surface area contributed by atoms with Crippen molar-refractivity contribution in [3.8, 4) is 0 Å². The molecule has 0 rings (SSSR count). The molecule has 23 nitrogen and oxygen atoms in total. The molecule has 0 aromatic heterocycles. The van der Waals surface area contributed by atoms with Crippen molar-refractivity contribution in [3.63, 3.8) is 0 Å². The van der Waals surface area contributed by atoms with E-state index in [4.69, 9.17) is 51.0 Å². The first-order valence-corrected chi connectivity index (χ1v) is 48.4. The zero-order chi connectivity index (χ0) is 64.9. The van der Waals surface area contributed by atoms with Gasteiger partial charge in [0.2, 0.25) is 0 Å². The normalized spacial score (nSPS) is 12.0. The van der Waals surface area contributed by atoms with Crippen LogP contribution in [0.15, 0.2) is 0 Å². The Bertz CT molecular complexity index is 1740. The van der Waals surface area contributed by atoms with Gasteiger partial charge in [-0.25, -0.2) is 41.5 Å². The Morgan fingerprint density at radius 3 is 0.917 bits per heavy atom. The van der Waals surface area contributed by atoms with Crippen molar-refractivity contribution >= 4 is 128 Å². The van der Waals surface area contributed by atoms with Gasteiger partial charge in [-0.15, -0.1) is 0 Å². The van der Waals surface area contributed by atoms with E-state index < -0.39 is 116 Å². The summed E-state index contributed by atoms with van der Waals surface area (Å²) in [6, 6.07) is 2.18. The van der Waals surface area contributed by atoms with Crippen LogP contribution >= 0.6 is 24.4 Å². The van der Waals surface area contributed by atoms with Crippen molar-refractivity contribution in [1.29, 1.82) is 0 Å². The third kappa shape index (κ3) is 109. The molecule has 2 unspecified atom stereocenters. The van der Waals surface area contributed by atoms with Crippen molar-refractivity contribution in [2.75, 3.05) is 144 Å². The fraction of sp³-hybridized carbons (Fsp3) is 1.00. The van der Waals surface area contributed by atoms with E-state index >= 15 is 0 Å². The van der Waals surface area contributed by atoms with E-state index in [-0.39, 0.29) is 103 Å². The summed E-state index contributed by atoms with van der Waals surface area (Å²) in [5.41, 5.74) is 0. The largest absolute Gasteiger partial charge is 1.00 e. The number of thioether (sulfide) groups is 1. The second-order valence-electron chi connectivity index (χ2n) is 16.6. The number of hydrogen-bond donors (Lipinski definition) is 4. The molecule has 0 saturated heterocycles. The van der Waals surface area contributed by atoms with E-state index in [2.05, 4.69) is 40.3 Å². The van der Waals surface area contributed by atoms with Crippen LogP contribution in [0.1, 0.15) is 45.4 Å². The average Bonchev–Trinajstić information content (AvgIpc) is 3.35. The maximum atomic E-state index is 11.6. The predicted molar refractivity (Wildman–Crippen MR) is 336 cm³/mol. The van der Waals surface area contributed by atoms with Gasteiger partial charge in [0.15, 0.2) is 0 Å². The van der Waals surface area contributed by atoms with Gasteiger partial charge in [-0.1, -0.05) is 0 Å². The monoisotopic (exact) mass is 1590 g/mol. The molecule has 0 aliphatic heterocycles. The van der Waals surface area contributed by atoms with Crippen molar-refractivity contribution in [2.45, 2.75) is 108 Å². The van der Waals surface area contributed by atoms with Crippen molar-refractivity contribution in [3.05, 3.63) is 0 Å². The topological polar surface area (TPSA) is 351 Å². The maximum absolute atomic E-state index is 11.6. The number of aliphatic hydroxyl groups is 1. The summed E-state index contributed by atoms with van der Waals surface area (Å²) in [6.07, 6.45) is 11.0. The number of aliphatic hydroxyl groups excluding tert-OH is 1. The predicted octanol–water partition coefficient (Wildman–Crippen LogP) is 4.24. The van der Waals surface area contributed by atoms with Crippen LogP contribution in [0.3, 0.4) is 0 Å². The van der Waals surface area contributed by atoms with Gasteiger partial charge >= 0.3 is 92.4 Å². The van der Waals surface area contributed by atoms with Gasteiger partial charge in [0, 0.05) is 166 Å². The summed E-state index contributed by atoms with van der Waals surface area (Å²) < 4.78 is 203. The smallest absolute Gasteiger partial charge is 0.870 e. The first kappa shape index (κ1) is 121. The van der Waals surface area contributed by atoms with Crippen molar-refractivity contribution in [2.24, 2.45) is 0 Å². The molecule has 0 bridgehead atoms. The Kier molecular flexibility index (Phi) is 103. The molecule has 522 valence electrons. The molecule has 0 aromatic carbocycles. The Labute approximate surface area is 558 Å². The molecule has 84 heavy (non-hydrogen) atoms. The van der Waals surface area contributed by atoms with E-state index in [1.807, 2.05) is 24.9 Å². The maximum Gasteiger partial charge on any atom is 1.00 e. The van der Waals surface area contributed by atoms with Crippen LogP contribution in [0.25, 0.3) is 0 Å². The molecule has 0 spiro atoms. The van der Waals surface area contributed by atoms with Gasteiger partial charge < -0.3 is 51.5 Å². The average molecular weight is 1590 g/mol. The summed E-state index contributed by atoms with van der Waals surface area (Å²) in [6.45, 7) is 10.0. The van der Waals surface area contributed by atoms with Crippen LogP contribution in [0.5, 0.6) is 0 Å². The summed E-state index contributed by atoms with van der Waals surface area (Å²) in [5, 5.41) is 19.6. The standard InChI is InChI=1S/C7H18O4SSi.C7H18O3SSi.C7H18O2SSi.C6H16O2SSi.C4H9F3O2SSi.C4H9F3OSSi.C2H6O4S.C2H6O.FH.Mo.Na.H2O2.2H2O/c1-10-13(4,11-2)7-5-6-12(3,8)9;1-9-12(4,10-2)7-5-6-11(3)8;1-8-11(4,9-2)7-5-6-10-3;1-7-10(3,8-2)6-4-5-9;1-10(8,9)3-2-4-11(5,6)7;1-9(8)3-2-4-10(5,6)7;1-5-7(3,4)6-2;1-2-3;;;;1-2;;/h5-7H2,1-4H3;5-7H2,1-4H3;5-7H2,1-4H3;9H,4-6H2,1-3H3;2-4H2,1H3;2-4H2,1H3;1-2H3;3H,2H2,1H3;1H;;;1-2H;2*1H2/q;;;;;;;;;;+1;;;/p-1. The third-order valence-corrected chi connectivity index (χ3v) is 29.1. The Balaban J connectivity index is -0.0000000556. The molecular weight excluding hydrogens is 1480 g/mol. The number of hydrogen-bond acceptors (Lipinski definition) is 24. The number of halogens is 7. The fourth-order valence-electron chi connectivity index (χ4n) is 4.42. The molecule has 0 saturated carbocycles. The fourth-order valence-corrected chi connectivity index (χ4v) is 15.9. The minimum atomic E-state index is -5.52. The number of thiol groups is 1. The third-order valence-electron chi connectivity index (χ3n) is 9.71. The zero-order valence-corrected chi connectivity index (χ0v) is 68.9. The van der Waals surface area contributed by atoms with Gasteiger partial charge in [-0.05, 0) is 114 Å². The first-order valence-electron chi connectivity index (χ1n) is 23.7. The summed E-state index contributed by atoms with van der Waals surface area (Å²) in [5.74, 6) is 2.88. The Morgan fingerprint density at radius 2 is 0.726 bits per heavy atom. The van der Waals surface area contributed by atoms with E-state index in [0.29, 0.717) is 12.5 Å². The van der Waals surface area contributed by atoms with Gasteiger partial charge in [0.05, 0.1) is 14.2 Å². The molecule has 2 atom stereocenters. The summed E-state index contributed by atoms with van der Waals surface area (Å²) in [4.78, 5) is 0. The van der Waals surface area contributed by atoms with Crippen molar-refractivity contribution in [1.82, 2.24) is 0 Å². The minimum Gasteiger partial charge on any atom is -0.870 e. The van der Waals surface area contributed by atoms with E-state index in [1.54, 1.807) is 70.1 Å². The quantitative estimate of drug-likeness (QED) is 0.0136. The summed E-state index contributed by atoms with van der Waals surface area (Å²) in [7, 11) is -14.3. The molecule has 0 aliphatic rings. The van der Waals surface area contributed by atoms with Crippen LogP contribution in [0, 0.1) is 0 Å².